The molecule has 0 bridgehead atoms. The average Bonchev–Trinajstić information content (AvgIpc) is 3.27. The number of rotatable bonds is 8. The van der Waals surface area contributed by atoms with Crippen LogP contribution in [0.25, 0.3) is 11.4 Å². The zero-order chi connectivity index (χ0) is 21.5. The van der Waals surface area contributed by atoms with Gasteiger partial charge >= 0.3 is 5.97 Å². The lowest BCUT2D eigenvalue weighted by molar-refractivity contribution is -0.150. The fourth-order valence-electron chi connectivity index (χ4n) is 3.72. The van der Waals surface area contributed by atoms with E-state index < -0.39 is 0 Å². The molecule has 4 rings (SSSR count). The van der Waals surface area contributed by atoms with Gasteiger partial charge < -0.3 is 14.0 Å². The first-order valence-corrected chi connectivity index (χ1v) is 10.7. The van der Waals surface area contributed by atoms with Gasteiger partial charge in [-0.2, -0.15) is 4.98 Å². The van der Waals surface area contributed by atoms with Crippen molar-refractivity contribution in [2.75, 3.05) is 19.7 Å². The molecule has 0 radical (unpaired) electrons. The highest BCUT2D eigenvalue weighted by molar-refractivity contribution is 5.72. The minimum Gasteiger partial charge on any atom is -0.489 e. The zero-order valence-corrected chi connectivity index (χ0v) is 17.7. The van der Waals surface area contributed by atoms with Crippen molar-refractivity contribution in [1.29, 1.82) is 0 Å². The zero-order valence-electron chi connectivity index (χ0n) is 17.7. The number of ether oxygens (including phenoxy) is 2. The molecule has 1 aliphatic heterocycles. The molecule has 0 aliphatic carbocycles. The number of nitrogens with zero attached hydrogens (tertiary/aromatic N) is 3. The third kappa shape index (κ3) is 5.70. The van der Waals surface area contributed by atoms with E-state index in [1.807, 2.05) is 61.5 Å². The second-order valence-electron chi connectivity index (χ2n) is 7.64. The molecule has 0 saturated carbocycles. The minimum atomic E-state index is -0.118. The Morgan fingerprint density at radius 3 is 2.74 bits per heavy atom. The van der Waals surface area contributed by atoms with E-state index in [0.717, 1.165) is 36.3 Å². The van der Waals surface area contributed by atoms with E-state index in [0.29, 0.717) is 38.0 Å². The number of benzene rings is 2. The van der Waals surface area contributed by atoms with E-state index in [2.05, 4.69) is 15.0 Å². The van der Waals surface area contributed by atoms with Gasteiger partial charge in [0.25, 0.3) is 0 Å². The Labute approximate surface area is 182 Å². The summed E-state index contributed by atoms with van der Waals surface area (Å²) in [6.45, 7) is 4.86. The summed E-state index contributed by atoms with van der Waals surface area (Å²) >= 11 is 0. The highest BCUT2D eigenvalue weighted by Crippen LogP contribution is 2.23. The first-order chi connectivity index (χ1) is 15.2. The Morgan fingerprint density at radius 2 is 1.97 bits per heavy atom. The standard InChI is InChI=1S/C24H27N3O4/c1-2-29-24(28)20-9-6-14-27(15-20)16-22-25-23(26-31-22)19-10-12-21(13-11-19)30-17-18-7-4-3-5-8-18/h3-5,7-8,10-13,20H,2,6,9,14-17H2,1H3/t20-/m0/s1. The Morgan fingerprint density at radius 1 is 1.16 bits per heavy atom. The summed E-state index contributed by atoms with van der Waals surface area (Å²) in [5.74, 6) is 1.68. The maximum absolute atomic E-state index is 12.0. The monoisotopic (exact) mass is 421 g/mol. The van der Waals surface area contributed by atoms with Crippen molar-refractivity contribution in [2.24, 2.45) is 5.92 Å². The minimum absolute atomic E-state index is 0.0838. The molecule has 1 saturated heterocycles. The SMILES string of the molecule is CCOC(=O)[C@H]1CCCN(Cc2nc(-c3ccc(OCc4ccccc4)cc3)no2)C1. The summed E-state index contributed by atoms with van der Waals surface area (Å²) < 4.78 is 16.4. The van der Waals surface area contributed by atoms with Gasteiger partial charge in [0.15, 0.2) is 0 Å². The van der Waals surface area contributed by atoms with E-state index in [4.69, 9.17) is 14.0 Å². The molecule has 7 nitrogen and oxygen atoms in total. The Kier molecular flexibility index (Phi) is 6.94. The molecule has 1 fully saturated rings. The van der Waals surface area contributed by atoms with Crippen molar-refractivity contribution in [3.63, 3.8) is 0 Å². The van der Waals surface area contributed by atoms with Crippen LogP contribution in [0.5, 0.6) is 5.75 Å². The van der Waals surface area contributed by atoms with E-state index in [9.17, 15) is 4.79 Å². The quantitative estimate of drug-likeness (QED) is 0.507. The molecule has 1 aliphatic rings. The van der Waals surface area contributed by atoms with Crippen molar-refractivity contribution >= 4 is 5.97 Å². The van der Waals surface area contributed by atoms with Crippen LogP contribution in [0.1, 0.15) is 31.2 Å². The van der Waals surface area contributed by atoms with Gasteiger partial charge in [-0.25, -0.2) is 0 Å². The van der Waals surface area contributed by atoms with Gasteiger partial charge in [-0.1, -0.05) is 35.5 Å². The Balaban J connectivity index is 1.32. The molecule has 0 N–H and O–H groups in total. The molecule has 3 aromatic rings. The lowest BCUT2D eigenvalue weighted by atomic mass is 9.98. The van der Waals surface area contributed by atoms with E-state index in [1.165, 1.54) is 0 Å². The lowest BCUT2D eigenvalue weighted by Crippen LogP contribution is -2.39. The number of hydrogen-bond acceptors (Lipinski definition) is 7. The van der Waals surface area contributed by atoms with Crippen LogP contribution in [0.15, 0.2) is 59.1 Å². The van der Waals surface area contributed by atoms with Crippen LogP contribution in [0, 0.1) is 5.92 Å². The van der Waals surface area contributed by atoms with E-state index in [-0.39, 0.29) is 11.9 Å². The summed E-state index contributed by atoms with van der Waals surface area (Å²) in [7, 11) is 0. The fourth-order valence-corrected chi connectivity index (χ4v) is 3.72. The van der Waals surface area contributed by atoms with Crippen molar-refractivity contribution < 1.29 is 18.8 Å². The van der Waals surface area contributed by atoms with Crippen LogP contribution in [-0.2, 0) is 22.7 Å². The van der Waals surface area contributed by atoms with Gasteiger partial charge in [-0.15, -0.1) is 0 Å². The molecule has 2 aromatic carbocycles. The molecule has 0 spiro atoms. The number of likely N-dealkylation sites (tertiary alicyclic amines) is 1. The third-order valence-electron chi connectivity index (χ3n) is 5.31. The highest BCUT2D eigenvalue weighted by atomic mass is 16.5. The number of carbonyl (C=O) groups excluding carboxylic acids is 1. The number of hydrogen-bond donors (Lipinski definition) is 0. The molecule has 7 heteroatoms. The van der Waals surface area contributed by atoms with Crippen LogP contribution >= 0.6 is 0 Å². The van der Waals surface area contributed by atoms with Gasteiger partial charge in [0.2, 0.25) is 11.7 Å². The maximum Gasteiger partial charge on any atom is 0.310 e. The van der Waals surface area contributed by atoms with Crippen LogP contribution in [0.3, 0.4) is 0 Å². The first kappa shape index (κ1) is 21.1. The highest BCUT2D eigenvalue weighted by Gasteiger charge is 2.27. The first-order valence-electron chi connectivity index (χ1n) is 10.7. The van der Waals surface area contributed by atoms with Gasteiger partial charge in [0.1, 0.15) is 12.4 Å². The Hall–Kier alpha value is -3.19. The smallest absolute Gasteiger partial charge is 0.310 e. The van der Waals surface area contributed by atoms with Crippen molar-refractivity contribution in [3.05, 3.63) is 66.1 Å². The van der Waals surface area contributed by atoms with Crippen LogP contribution < -0.4 is 4.74 Å². The molecule has 1 aromatic heterocycles. The summed E-state index contributed by atoms with van der Waals surface area (Å²) in [5, 5.41) is 4.11. The van der Waals surface area contributed by atoms with Gasteiger partial charge in [-0.05, 0) is 56.1 Å². The molecule has 2 heterocycles. The number of piperidine rings is 1. The number of aromatic nitrogens is 2. The second kappa shape index (κ2) is 10.2. The maximum atomic E-state index is 12.0. The molecule has 0 unspecified atom stereocenters. The molecule has 1 atom stereocenters. The van der Waals surface area contributed by atoms with E-state index >= 15 is 0 Å². The average molecular weight is 421 g/mol. The number of carbonyl (C=O) groups is 1. The van der Waals surface area contributed by atoms with Crippen molar-refractivity contribution in [2.45, 2.75) is 32.9 Å². The van der Waals surface area contributed by atoms with Crippen LogP contribution in [0.2, 0.25) is 0 Å². The molecule has 162 valence electrons. The van der Waals surface area contributed by atoms with E-state index in [1.54, 1.807) is 0 Å². The van der Waals surface area contributed by atoms with Crippen LogP contribution in [-0.4, -0.2) is 40.7 Å². The summed E-state index contributed by atoms with van der Waals surface area (Å²) in [6, 6.07) is 17.7. The third-order valence-corrected chi connectivity index (χ3v) is 5.31. The Bertz CT molecular complexity index is 972. The second-order valence-corrected chi connectivity index (χ2v) is 7.64. The fraction of sp³-hybridized carbons (Fsp3) is 0.375. The summed E-state index contributed by atoms with van der Waals surface area (Å²) in [6.07, 6.45) is 1.82. The number of esters is 1. The van der Waals surface area contributed by atoms with Crippen molar-refractivity contribution in [3.8, 4) is 17.1 Å². The summed E-state index contributed by atoms with van der Waals surface area (Å²) in [4.78, 5) is 18.7. The molecular formula is C24H27N3O4. The molecular weight excluding hydrogens is 394 g/mol. The topological polar surface area (TPSA) is 77.7 Å². The molecule has 31 heavy (non-hydrogen) atoms. The van der Waals surface area contributed by atoms with Gasteiger partial charge in [-0.3, -0.25) is 9.69 Å². The lowest BCUT2D eigenvalue weighted by Gasteiger charge is -2.30. The molecule has 0 amide bonds. The normalized spacial score (nSPS) is 16.7. The predicted octanol–water partition coefficient (Wildman–Crippen LogP) is 4.09. The largest absolute Gasteiger partial charge is 0.489 e. The summed E-state index contributed by atoms with van der Waals surface area (Å²) in [5.41, 5.74) is 1.99. The predicted molar refractivity (Wildman–Crippen MR) is 115 cm³/mol. The van der Waals surface area contributed by atoms with Gasteiger partial charge in [0, 0.05) is 12.1 Å². The van der Waals surface area contributed by atoms with Crippen LogP contribution in [0.4, 0.5) is 0 Å². The van der Waals surface area contributed by atoms with Crippen molar-refractivity contribution in [1.82, 2.24) is 15.0 Å². The van der Waals surface area contributed by atoms with Gasteiger partial charge in [0.05, 0.1) is 19.1 Å².